The van der Waals surface area contributed by atoms with Gasteiger partial charge in [0.15, 0.2) is 0 Å². The third-order valence-corrected chi connectivity index (χ3v) is 7.13. The molecule has 1 fully saturated rings. The summed E-state index contributed by atoms with van der Waals surface area (Å²) >= 11 is 1.65. The third-order valence-electron chi connectivity index (χ3n) is 5.98. The molecule has 0 atom stereocenters. The van der Waals surface area contributed by atoms with E-state index < -0.39 is 11.1 Å². The highest BCUT2D eigenvalue weighted by Crippen LogP contribution is 2.47. The van der Waals surface area contributed by atoms with E-state index in [-0.39, 0.29) is 0 Å². The number of aromatic nitrogens is 2. The van der Waals surface area contributed by atoms with Gasteiger partial charge in [-0.25, -0.2) is 9.97 Å². The number of nitrogens with two attached hydrogens (primary N) is 1. The maximum atomic E-state index is 10.1. The molecule has 2 heterocycles. The van der Waals surface area contributed by atoms with E-state index in [1.54, 1.807) is 24.6 Å². The van der Waals surface area contributed by atoms with Gasteiger partial charge in [-0.05, 0) is 37.0 Å². The first kappa shape index (κ1) is 20.8. The third kappa shape index (κ3) is 3.81. The van der Waals surface area contributed by atoms with E-state index in [0.29, 0.717) is 18.7 Å². The van der Waals surface area contributed by atoms with Crippen molar-refractivity contribution in [1.29, 1.82) is 0 Å². The Balaban J connectivity index is 1.54. The fourth-order valence-electron chi connectivity index (χ4n) is 4.52. The summed E-state index contributed by atoms with van der Waals surface area (Å²) in [6, 6.07) is 22.4. The SMILES string of the molecule is COc1ccc(-c2nc(-c3ccc([C@]4(N)C[C@](C)(O)C4)cc3)c(-c3ccccc3)s2)cn1. The summed E-state index contributed by atoms with van der Waals surface area (Å²) in [4.78, 5) is 10.4. The molecular formula is C26H25N3O2S. The lowest BCUT2D eigenvalue weighted by atomic mass is 9.63. The van der Waals surface area contributed by atoms with Crippen LogP contribution >= 0.6 is 11.3 Å². The zero-order valence-electron chi connectivity index (χ0n) is 18.1. The van der Waals surface area contributed by atoms with Crippen molar-refractivity contribution in [2.75, 3.05) is 7.11 Å². The summed E-state index contributed by atoms with van der Waals surface area (Å²) < 4.78 is 5.18. The molecule has 2 aromatic carbocycles. The van der Waals surface area contributed by atoms with E-state index in [0.717, 1.165) is 37.8 Å². The van der Waals surface area contributed by atoms with Crippen molar-refractivity contribution in [3.8, 4) is 38.1 Å². The van der Waals surface area contributed by atoms with Crippen LogP contribution in [-0.2, 0) is 5.54 Å². The first-order valence-corrected chi connectivity index (χ1v) is 11.4. The van der Waals surface area contributed by atoms with Crippen molar-refractivity contribution in [3.05, 3.63) is 78.5 Å². The molecule has 0 spiro atoms. The lowest BCUT2D eigenvalue weighted by Gasteiger charge is -2.49. The normalized spacial score (nSPS) is 22.4. The molecule has 4 aromatic rings. The molecule has 0 amide bonds. The number of pyridine rings is 1. The first-order valence-electron chi connectivity index (χ1n) is 10.6. The molecular weight excluding hydrogens is 418 g/mol. The van der Waals surface area contributed by atoms with E-state index in [2.05, 4.69) is 41.4 Å². The van der Waals surface area contributed by atoms with E-state index >= 15 is 0 Å². The summed E-state index contributed by atoms with van der Waals surface area (Å²) in [6.45, 7) is 1.84. The second-order valence-electron chi connectivity index (χ2n) is 8.74. The lowest BCUT2D eigenvalue weighted by Crippen LogP contribution is -2.58. The van der Waals surface area contributed by atoms with Crippen molar-refractivity contribution in [2.45, 2.75) is 30.9 Å². The number of nitrogens with zero attached hydrogens (tertiary/aromatic N) is 2. The van der Waals surface area contributed by atoms with Crippen LogP contribution in [0, 0.1) is 0 Å². The van der Waals surface area contributed by atoms with Gasteiger partial charge in [-0.1, -0.05) is 54.6 Å². The average Bonchev–Trinajstić information content (AvgIpc) is 3.24. The highest BCUT2D eigenvalue weighted by molar-refractivity contribution is 7.19. The van der Waals surface area contributed by atoms with Crippen LogP contribution in [0.1, 0.15) is 25.3 Å². The van der Waals surface area contributed by atoms with Crippen molar-refractivity contribution >= 4 is 11.3 Å². The minimum atomic E-state index is -0.676. The number of thiazole rings is 1. The van der Waals surface area contributed by atoms with Crippen molar-refractivity contribution < 1.29 is 9.84 Å². The van der Waals surface area contributed by atoms with Gasteiger partial charge in [-0.3, -0.25) is 0 Å². The van der Waals surface area contributed by atoms with Gasteiger partial charge in [0, 0.05) is 28.9 Å². The van der Waals surface area contributed by atoms with Gasteiger partial charge in [-0.15, -0.1) is 11.3 Å². The van der Waals surface area contributed by atoms with Crippen LogP contribution in [0.5, 0.6) is 5.88 Å². The fraction of sp³-hybridized carbons (Fsp3) is 0.231. The zero-order chi connectivity index (χ0) is 22.3. The molecule has 5 nitrogen and oxygen atoms in total. The van der Waals surface area contributed by atoms with Crippen LogP contribution in [0.3, 0.4) is 0 Å². The van der Waals surface area contributed by atoms with Gasteiger partial charge in [0.25, 0.3) is 0 Å². The molecule has 0 aliphatic heterocycles. The van der Waals surface area contributed by atoms with Crippen LogP contribution < -0.4 is 10.5 Å². The second kappa shape index (κ2) is 7.81. The summed E-state index contributed by atoms with van der Waals surface area (Å²) in [5.74, 6) is 0.579. The molecule has 5 rings (SSSR count). The van der Waals surface area contributed by atoms with Gasteiger partial charge >= 0.3 is 0 Å². The second-order valence-corrected chi connectivity index (χ2v) is 9.74. The first-order chi connectivity index (χ1) is 15.4. The zero-order valence-corrected chi connectivity index (χ0v) is 18.9. The van der Waals surface area contributed by atoms with Gasteiger partial charge in [0.1, 0.15) is 5.01 Å². The molecule has 0 bridgehead atoms. The Hall–Kier alpha value is -3.06. The van der Waals surface area contributed by atoms with Crippen LogP contribution in [-0.4, -0.2) is 27.8 Å². The Morgan fingerprint density at radius 2 is 1.62 bits per heavy atom. The lowest BCUT2D eigenvalue weighted by molar-refractivity contribution is -0.0738. The van der Waals surface area contributed by atoms with Gasteiger partial charge in [0.05, 0.1) is 23.3 Å². The van der Waals surface area contributed by atoms with E-state index in [9.17, 15) is 5.11 Å². The molecule has 32 heavy (non-hydrogen) atoms. The number of hydrogen-bond donors (Lipinski definition) is 2. The van der Waals surface area contributed by atoms with Crippen LogP contribution in [0.2, 0.25) is 0 Å². The monoisotopic (exact) mass is 443 g/mol. The number of ether oxygens (including phenoxy) is 1. The topological polar surface area (TPSA) is 81.3 Å². The summed E-state index contributed by atoms with van der Waals surface area (Å²) in [6.07, 6.45) is 2.93. The minimum Gasteiger partial charge on any atom is -0.481 e. The number of hydrogen-bond acceptors (Lipinski definition) is 6. The van der Waals surface area contributed by atoms with Crippen molar-refractivity contribution in [1.82, 2.24) is 9.97 Å². The smallest absolute Gasteiger partial charge is 0.212 e. The molecule has 0 unspecified atom stereocenters. The Morgan fingerprint density at radius 3 is 2.22 bits per heavy atom. The van der Waals surface area contributed by atoms with E-state index in [4.69, 9.17) is 15.5 Å². The van der Waals surface area contributed by atoms with Crippen molar-refractivity contribution in [3.63, 3.8) is 0 Å². The quantitative estimate of drug-likeness (QED) is 0.440. The number of methoxy groups -OCH3 is 1. The van der Waals surface area contributed by atoms with Crippen molar-refractivity contribution in [2.24, 2.45) is 5.73 Å². The molecule has 1 aliphatic rings. The molecule has 3 N–H and O–H groups in total. The molecule has 1 saturated carbocycles. The van der Waals surface area contributed by atoms with Crippen LogP contribution in [0.25, 0.3) is 32.3 Å². The highest BCUT2D eigenvalue weighted by Gasteiger charge is 2.49. The molecule has 0 saturated heterocycles. The summed E-state index contributed by atoms with van der Waals surface area (Å²) in [7, 11) is 1.61. The van der Waals surface area contributed by atoms with E-state index in [1.807, 2.05) is 37.3 Å². The molecule has 1 aliphatic carbocycles. The van der Waals surface area contributed by atoms with Gasteiger partial charge in [0.2, 0.25) is 5.88 Å². The summed E-state index contributed by atoms with van der Waals surface area (Å²) in [5.41, 5.74) is 10.5. The molecule has 162 valence electrons. The average molecular weight is 444 g/mol. The Labute approximate surface area is 191 Å². The predicted octanol–water partition coefficient (Wildman–Crippen LogP) is 5.25. The number of benzene rings is 2. The van der Waals surface area contributed by atoms with Gasteiger partial charge < -0.3 is 15.6 Å². The highest BCUT2D eigenvalue weighted by atomic mass is 32.1. The largest absolute Gasteiger partial charge is 0.481 e. The number of rotatable bonds is 5. The van der Waals surface area contributed by atoms with Gasteiger partial charge in [-0.2, -0.15) is 0 Å². The molecule has 6 heteroatoms. The standard InChI is InChI=1S/C26H25N3O2S/c1-25(30)15-26(27,16-25)20-11-8-17(9-12-20)22-23(18-6-4-3-5-7-18)32-24(29-22)19-10-13-21(31-2)28-14-19/h3-14,30H,15-16,27H2,1-2H3/t25-,26-. The van der Waals surface area contributed by atoms with E-state index in [1.165, 1.54) is 0 Å². The molecule has 0 radical (unpaired) electrons. The summed E-state index contributed by atoms with van der Waals surface area (Å²) in [5, 5.41) is 11.1. The maximum Gasteiger partial charge on any atom is 0.212 e. The Morgan fingerprint density at radius 1 is 0.938 bits per heavy atom. The predicted molar refractivity (Wildman–Crippen MR) is 128 cm³/mol. The number of aliphatic hydroxyl groups is 1. The van der Waals surface area contributed by atoms with Crippen LogP contribution in [0.4, 0.5) is 0 Å². The molecule has 2 aromatic heterocycles. The maximum absolute atomic E-state index is 10.1. The Bertz CT molecular complexity index is 1220. The fourth-order valence-corrected chi connectivity index (χ4v) is 5.61. The Kier molecular flexibility index (Phi) is 5.08. The van der Waals surface area contributed by atoms with Crippen LogP contribution in [0.15, 0.2) is 72.9 Å². The minimum absolute atomic E-state index is 0.466.